The molecular formula is C14H19IN2. The molecule has 1 atom stereocenters. The second-order valence-corrected chi connectivity index (χ2v) is 6.25. The lowest BCUT2D eigenvalue weighted by Crippen LogP contribution is -2.36. The molecule has 0 N–H and O–H groups in total. The molecule has 2 fully saturated rings. The van der Waals surface area contributed by atoms with Crippen LogP contribution in [0.1, 0.15) is 19.3 Å². The summed E-state index contributed by atoms with van der Waals surface area (Å²) in [5.41, 5.74) is 1.43. The number of hydrogen-bond donors (Lipinski definition) is 0. The summed E-state index contributed by atoms with van der Waals surface area (Å²) in [7, 11) is 0. The number of fused-ring (bicyclic) bond motifs is 1. The van der Waals surface area contributed by atoms with E-state index in [2.05, 4.69) is 56.7 Å². The Morgan fingerprint density at radius 3 is 2.76 bits per heavy atom. The van der Waals surface area contributed by atoms with Crippen LogP contribution in [0.5, 0.6) is 0 Å². The van der Waals surface area contributed by atoms with Crippen LogP contribution in [0.2, 0.25) is 0 Å². The Balaban J connectivity index is 1.81. The first-order chi connectivity index (χ1) is 8.34. The van der Waals surface area contributed by atoms with Crippen molar-refractivity contribution in [3.63, 3.8) is 0 Å². The van der Waals surface area contributed by atoms with E-state index in [-0.39, 0.29) is 0 Å². The van der Waals surface area contributed by atoms with E-state index in [4.69, 9.17) is 0 Å². The summed E-state index contributed by atoms with van der Waals surface area (Å²) in [6.07, 6.45) is 4.09. The normalized spacial score (nSPS) is 25.7. The number of rotatable bonds is 1. The van der Waals surface area contributed by atoms with Crippen molar-refractivity contribution >= 4 is 28.3 Å². The fourth-order valence-corrected chi connectivity index (χ4v) is 3.86. The highest BCUT2D eigenvalue weighted by Gasteiger charge is 2.29. The van der Waals surface area contributed by atoms with E-state index < -0.39 is 0 Å². The maximum atomic E-state index is 2.69. The second-order valence-electron chi connectivity index (χ2n) is 5.08. The standard InChI is InChI=1S/C14H19IN2/c15-13-6-1-2-7-14(13)17-10-4-9-16-8-3-5-12(16)11-17/h1-2,6-7,12H,3-5,8-11H2. The molecule has 2 aliphatic heterocycles. The van der Waals surface area contributed by atoms with Crippen LogP contribution in [0.25, 0.3) is 0 Å². The highest BCUT2D eigenvalue weighted by Crippen LogP contribution is 2.27. The van der Waals surface area contributed by atoms with Gasteiger partial charge in [0, 0.05) is 29.2 Å². The van der Waals surface area contributed by atoms with Crippen molar-refractivity contribution in [1.29, 1.82) is 0 Å². The van der Waals surface area contributed by atoms with Gasteiger partial charge in [0.1, 0.15) is 0 Å². The Labute approximate surface area is 117 Å². The largest absolute Gasteiger partial charge is 0.369 e. The summed E-state index contributed by atoms with van der Waals surface area (Å²) in [5.74, 6) is 0. The third kappa shape index (κ3) is 2.45. The Morgan fingerprint density at radius 2 is 1.88 bits per heavy atom. The van der Waals surface area contributed by atoms with E-state index in [1.54, 1.807) is 0 Å². The van der Waals surface area contributed by atoms with Gasteiger partial charge in [0.2, 0.25) is 0 Å². The fourth-order valence-electron chi connectivity index (χ4n) is 3.13. The molecular weight excluding hydrogens is 323 g/mol. The van der Waals surface area contributed by atoms with Crippen molar-refractivity contribution in [3.8, 4) is 0 Å². The molecule has 0 aliphatic carbocycles. The first-order valence-electron chi connectivity index (χ1n) is 6.58. The molecule has 0 spiro atoms. The molecule has 1 aromatic carbocycles. The average Bonchev–Trinajstić information content (AvgIpc) is 2.68. The van der Waals surface area contributed by atoms with Crippen molar-refractivity contribution in [2.24, 2.45) is 0 Å². The summed E-state index contributed by atoms with van der Waals surface area (Å²) in [6, 6.07) is 9.58. The smallest absolute Gasteiger partial charge is 0.0502 e. The Morgan fingerprint density at radius 1 is 1.06 bits per heavy atom. The van der Waals surface area contributed by atoms with E-state index in [0.717, 1.165) is 6.04 Å². The summed E-state index contributed by atoms with van der Waals surface area (Å²) in [6.45, 7) is 5.06. The zero-order chi connectivity index (χ0) is 11.7. The summed E-state index contributed by atoms with van der Waals surface area (Å²) in [4.78, 5) is 5.29. The highest BCUT2D eigenvalue weighted by molar-refractivity contribution is 14.1. The van der Waals surface area contributed by atoms with Gasteiger partial charge < -0.3 is 4.90 Å². The maximum absolute atomic E-state index is 2.69. The molecule has 2 saturated heterocycles. The molecule has 0 aromatic heterocycles. The molecule has 0 bridgehead atoms. The van der Waals surface area contributed by atoms with E-state index in [1.165, 1.54) is 54.7 Å². The number of para-hydroxylation sites is 1. The van der Waals surface area contributed by atoms with Crippen LogP contribution in [0.3, 0.4) is 0 Å². The van der Waals surface area contributed by atoms with Gasteiger partial charge in [-0.25, -0.2) is 0 Å². The first kappa shape index (κ1) is 11.8. The van der Waals surface area contributed by atoms with Gasteiger partial charge in [0.25, 0.3) is 0 Å². The van der Waals surface area contributed by atoms with Gasteiger partial charge in [-0.15, -0.1) is 0 Å². The zero-order valence-electron chi connectivity index (χ0n) is 10.1. The second kappa shape index (κ2) is 5.14. The van der Waals surface area contributed by atoms with Crippen LogP contribution in [0, 0.1) is 3.57 Å². The summed E-state index contributed by atoms with van der Waals surface area (Å²) < 4.78 is 1.39. The number of halogens is 1. The molecule has 92 valence electrons. The van der Waals surface area contributed by atoms with Crippen molar-refractivity contribution < 1.29 is 0 Å². The molecule has 17 heavy (non-hydrogen) atoms. The van der Waals surface area contributed by atoms with Crippen LogP contribution < -0.4 is 4.90 Å². The van der Waals surface area contributed by atoms with Crippen LogP contribution in [0.15, 0.2) is 24.3 Å². The predicted octanol–water partition coefficient (Wildman–Crippen LogP) is 2.97. The van der Waals surface area contributed by atoms with Gasteiger partial charge in [-0.1, -0.05) is 12.1 Å². The van der Waals surface area contributed by atoms with Gasteiger partial charge in [-0.3, -0.25) is 4.90 Å². The van der Waals surface area contributed by atoms with Crippen LogP contribution in [0.4, 0.5) is 5.69 Å². The van der Waals surface area contributed by atoms with Crippen LogP contribution >= 0.6 is 22.6 Å². The van der Waals surface area contributed by atoms with Crippen LogP contribution in [-0.2, 0) is 0 Å². The highest BCUT2D eigenvalue weighted by atomic mass is 127. The molecule has 1 unspecified atom stereocenters. The van der Waals surface area contributed by atoms with Crippen molar-refractivity contribution in [2.75, 3.05) is 31.1 Å². The number of nitrogens with zero attached hydrogens (tertiary/aromatic N) is 2. The average molecular weight is 342 g/mol. The van der Waals surface area contributed by atoms with Crippen molar-refractivity contribution in [1.82, 2.24) is 4.90 Å². The lowest BCUT2D eigenvalue weighted by Gasteiger charge is -2.28. The molecule has 0 radical (unpaired) electrons. The third-order valence-electron chi connectivity index (χ3n) is 4.00. The molecule has 3 rings (SSSR count). The Bertz CT molecular complexity index is 394. The van der Waals surface area contributed by atoms with E-state index >= 15 is 0 Å². The molecule has 3 heteroatoms. The minimum Gasteiger partial charge on any atom is -0.369 e. The number of anilines is 1. The maximum Gasteiger partial charge on any atom is 0.0502 e. The van der Waals surface area contributed by atoms with Crippen molar-refractivity contribution in [3.05, 3.63) is 27.8 Å². The summed E-state index contributed by atoms with van der Waals surface area (Å²) in [5, 5.41) is 0. The van der Waals surface area contributed by atoms with Crippen LogP contribution in [-0.4, -0.2) is 37.1 Å². The van der Waals surface area contributed by atoms with Gasteiger partial charge >= 0.3 is 0 Å². The fraction of sp³-hybridized carbons (Fsp3) is 0.571. The molecule has 2 nitrogen and oxygen atoms in total. The number of hydrogen-bond acceptors (Lipinski definition) is 2. The Hall–Kier alpha value is -0.290. The lowest BCUT2D eigenvalue weighted by molar-refractivity contribution is 0.273. The van der Waals surface area contributed by atoms with Crippen molar-refractivity contribution in [2.45, 2.75) is 25.3 Å². The van der Waals surface area contributed by atoms with E-state index in [1.807, 2.05) is 0 Å². The summed E-state index contributed by atoms with van der Waals surface area (Å²) >= 11 is 2.46. The molecule has 0 amide bonds. The minimum atomic E-state index is 0.800. The zero-order valence-corrected chi connectivity index (χ0v) is 12.3. The Kier molecular flexibility index (Phi) is 3.56. The van der Waals surface area contributed by atoms with E-state index in [0.29, 0.717) is 0 Å². The van der Waals surface area contributed by atoms with Gasteiger partial charge in [-0.05, 0) is 60.5 Å². The SMILES string of the molecule is Ic1ccccc1N1CCCN2CCCC2C1. The molecule has 1 aromatic rings. The van der Waals surface area contributed by atoms with Gasteiger partial charge in [0.05, 0.1) is 5.69 Å². The quantitative estimate of drug-likeness (QED) is 0.724. The lowest BCUT2D eigenvalue weighted by atomic mass is 10.2. The molecule has 0 saturated carbocycles. The number of benzene rings is 1. The third-order valence-corrected chi connectivity index (χ3v) is 4.91. The molecule has 2 heterocycles. The van der Waals surface area contributed by atoms with Gasteiger partial charge in [0.15, 0.2) is 0 Å². The monoisotopic (exact) mass is 342 g/mol. The van der Waals surface area contributed by atoms with E-state index in [9.17, 15) is 0 Å². The minimum absolute atomic E-state index is 0.800. The topological polar surface area (TPSA) is 6.48 Å². The first-order valence-corrected chi connectivity index (χ1v) is 7.66. The molecule has 2 aliphatic rings. The predicted molar refractivity (Wildman–Crippen MR) is 80.6 cm³/mol. The van der Waals surface area contributed by atoms with Gasteiger partial charge in [-0.2, -0.15) is 0 Å².